The lowest BCUT2D eigenvalue weighted by Gasteiger charge is -2.20. The molecular formula is C14H23NO3S2. The third-order valence-electron chi connectivity index (χ3n) is 3.05. The van der Waals surface area contributed by atoms with Crippen LogP contribution in [0.15, 0.2) is 24.3 Å². The maximum atomic E-state index is 12.1. The summed E-state index contributed by atoms with van der Waals surface area (Å²) in [4.78, 5) is 0. The SMILES string of the molecule is CCNC(CS(=O)CCS(C)(=O)=O)c1ccccc1C. The first-order valence-electron chi connectivity index (χ1n) is 6.65. The zero-order valence-electron chi connectivity index (χ0n) is 12.3. The summed E-state index contributed by atoms with van der Waals surface area (Å²) in [6, 6.07) is 7.99. The van der Waals surface area contributed by atoms with Crippen LogP contribution < -0.4 is 5.32 Å². The highest BCUT2D eigenvalue weighted by atomic mass is 32.2. The quantitative estimate of drug-likeness (QED) is 0.788. The first-order valence-corrected chi connectivity index (χ1v) is 10.2. The fourth-order valence-corrected chi connectivity index (χ4v) is 4.79. The fraction of sp³-hybridized carbons (Fsp3) is 0.571. The number of hydrogen-bond acceptors (Lipinski definition) is 4. The standard InChI is InChI=1S/C14H23NO3S2/c1-4-15-14(13-8-6-5-7-12(13)2)11-19(16)9-10-20(3,17)18/h5-8,14-15H,4,9-11H2,1-3H3. The minimum absolute atomic E-state index is 0.00148. The maximum Gasteiger partial charge on any atom is 0.148 e. The summed E-state index contributed by atoms with van der Waals surface area (Å²) in [5, 5.41) is 3.33. The zero-order chi connectivity index (χ0) is 15.2. The van der Waals surface area contributed by atoms with E-state index in [1.54, 1.807) is 0 Å². The molecule has 0 aliphatic heterocycles. The van der Waals surface area contributed by atoms with Gasteiger partial charge in [-0.3, -0.25) is 4.21 Å². The van der Waals surface area contributed by atoms with Crippen molar-refractivity contribution in [3.8, 4) is 0 Å². The normalized spacial score (nSPS) is 14.9. The third kappa shape index (κ3) is 6.15. The molecule has 0 spiro atoms. The Balaban J connectivity index is 2.73. The molecule has 4 nitrogen and oxygen atoms in total. The van der Waals surface area contributed by atoms with Gasteiger partial charge < -0.3 is 5.32 Å². The van der Waals surface area contributed by atoms with E-state index in [4.69, 9.17) is 0 Å². The first-order chi connectivity index (χ1) is 9.33. The molecule has 0 heterocycles. The summed E-state index contributed by atoms with van der Waals surface area (Å²) in [5.74, 6) is 0.618. The smallest absolute Gasteiger partial charge is 0.148 e. The summed E-state index contributed by atoms with van der Waals surface area (Å²) in [6.07, 6.45) is 1.17. The fourth-order valence-electron chi connectivity index (χ4n) is 2.00. The van der Waals surface area contributed by atoms with Crippen molar-refractivity contribution in [1.82, 2.24) is 5.32 Å². The first kappa shape index (κ1) is 17.3. The van der Waals surface area contributed by atoms with Crippen LogP contribution in [0.2, 0.25) is 0 Å². The summed E-state index contributed by atoms with van der Waals surface area (Å²) in [5.41, 5.74) is 2.28. The molecule has 1 N–H and O–H groups in total. The van der Waals surface area contributed by atoms with E-state index in [2.05, 4.69) is 5.32 Å². The lowest BCUT2D eigenvalue weighted by molar-refractivity contribution is 0.590. The molecule has 1 aromatic carbocycles. The van der Waals surface area contributed by atoms with Crippen LogP contribution in [-0.4, -0.2) is 42.7 Å². The Morgan fingerprint density at radius 2 is 1.95 bits per heavy atom. The Morgan fingerprint density at radius 3 is 2.50 bits per heavy atom. The Kier molecular flexibility index (Phi) is 6.85. The number of nitrogens with one attached hydrogen (secondary N) is 1. The van der Waals surface area contributed by atoms with Gasteiger partial charge in [0.1, 0.15) is 9.84 Å². The Morgan fingerprint density at radius 1 is 1.30 bits per heavy atom. The molecule has 114 valence electrons. The van der Waals surface area contributed by atoms with Crippen molar-refractivity contribution >= 4 is 20.6 Å². The minimum Gasteiger partial charge on any atom is -0.309 e. The summed E-state index contributed by atoms with van der Waals surface area (Å²) in [7, 11) is -4.20. The van der Waals surface area contributed by atoms with Crippen LogP contribution in [0.3, 0.4) is 0 Å². The summed E-state index contributed by atoms with van der Waals surface area (Å²) >= 11 is 0. The van der Waals surface area contributed by atoms with Crippen molar-refractivity contribution in [2.75, 3.05) is 30.1 Å². The van der Waals surface area contributed by atoms with E-state index in [-0.39, 0.29) is 17.5 Å². The second-order valence-corrected chi connectivity index (χ2v) is 8.79. The molecule has 0 aromatic heterocycles. The number of rotatable bonds is 8. The molecule has 6 heteroatoms. The van der Waals surface area contributed by atoms with Gasteiger partial charge in [-0.15, -0.1) is 0 Å². The van der Waals surface area contributed by atoms with Gasteiger partial charge in [-0.1, -0.05) is 31.2 Å². The average molecular weight is 317 g/mol. The lowest BCUT2D eigenvalue weighted by Crippen LogP contribution is -2.28. The Labute approximate surface area is 124 Å². The second kappa shape index (κ2) is 7.90. The highest BCUT2D eigenvalue weighted by Gasteiger charge is 2.16. The van der Waals surface area contributed by atoms with Crippen molar-refractivity contribution in [1.29, 1.82) is 0 Å². The van der Waals surface area contributed by atoms with E-state index < -0.39 is 20.6 Å². The zero-order valence-corrected chi connectivity index (χ0v) is 13.9. The predicted molar refractivity (Wildman–Crippen MR) is 85.2 cm³/mol. The molecule has 0 amide bonds. The van der Waals surface area contributed by atoms with Gasteiger partial charge in [0.25, 0.3) is 0 Å². The summed E-state index contributed by atoms with van der Waals surface area (Å²) < 4.78 is 34.3. The largest absolute Gasteiger partial charge is 0.309 e. The van der Waals surface area contributed by atoms with Gasteiger partial charge in [-0.05, 0) is 24.6 Å². The van der Waals surface area contributed by atoms with Gasteiger partial charge in [0, 0.05) is 34.6 Å². The van der Waals surface area contributed by atoms with Crippen LogP contribution in [0.1, 0.15) is 24.1 Å². The number of hydrogen-bond donors (Lipinski definition) is 1. The van der Waals surface area contributed by atoms with E-state index in [9.17, 15) is 12.6 Å². The van der Waals surface area contributed by atoms with Crippen molar-refractivity contribution in [3.05, 3.63) is 35.4 Å². The van der Waals surface area contributed by atoms with Crippen molar-refractivity contribution in [2.45, 2.75) is 19.9 Å². The van der Waals surface area contributed by atoms with Gasteiger partial charge in [-0.2, -0.15) is 0 Å². The highest BCUT2D eigenvalue weighted by Crippen LogP contribution is 2.18. The topological polar surface area (TPSA) is 63.2 Å². The van der Waals surface area contributed by atoms with Crippen LogP contribution in [-0.2, 0) is 20.6 Å². The Hall–Kier alpha value is -0.720. The van der Waals surface area contributed by atoms with E-state index in [1.807, 2.05) is 38.1 Å². The van der Waals surface area contributed by atoms with Crippen LogP contribution in [0, 0.1) is 6.92 Å². The molecule has 1 rings (SSSR count). The van der Waals surface area contributed by atoms with Crippen LogP contribution >= 0.6 is 0 Å². The highest BCUT2D eigenvalue weighted by molar-refractivity contribution is 7.92. The van der Waals surface area contributed by atoms with Crippen LogP contribution in [0.4, 0.5) is 0 Å². The molecule has 0 fully saturated rings. The third-order valence-corrected chi connectivity index (χ3v) is 5.62. The van der Waals surface area contributed by atoms with Crippen LogP contribution in [0.5, 0.6) is 0 Å². The molecule has 2 unspecified atom stereocenters. The van der Waals surface area contributed by atoms with Gasteiger partial charge in [0.2, 0.25) is 0 Å². The van der Waals surface area contributed by atoms with Crippen LogP contribution in [0.25, 0.3) is 0 Å². The molecule has 0 aliphatic carbocycles. The van der Waals surface area contributed by atoms with Crippen molar-refractivity contribution in [3.63, 3.8) is 0 Å². The van der Waals surface area contributed by atoms with E-state index in [1.165, 1.54) is 6.26 Å². The number of sulfone groups is 1. The molecule has 0 radical (unpaired) electrons. The molecule has 0 aliphatic rings. The predicted octanol–water partition coefficient (Wildman–Crippen LogP) is 1.44. The van der Waals surface area contributed by atoms with Gasteiger partial charge in [0.15, 0.2) is 0 Å². The van der Waals surface area contributed by atoms with E-state index >= 15 is 0 Å². The van der Waals surface area contributed by atoms with Gasteiger partial charge >= 0.3 is 0 Å². The van der Waals surface area contributed by atoms with E-state index in [0.717, 1.165) is 17.7 Å². The number of benzene rings is 1. The van der Waals surface area contributed by atoms with Crippen molar-refractivity contribution in [2.24, 2.45) is 0 Å². The number of aryl methyl sites for hydroxylation is 1. The molecule has 1 aromatic rings. The molecular weight excluding hydrogens is 294 g/mol. The maximum absolute atomic E-state index is 12.1. The van der Waals surface area contributed by atoms with Gasteiger partial charge in [0.05, 0.1) is 5.75 Å². The van der Waals surface area contributed by atoms with Gasteiger partial charge in [-0.25, -0.2) is 8.42 Å². The molecule has 0 saturated carbocycles. The molecule has 0 bridgehead atoms. The molecule has 0 saturated heterocycles. The lowest BCUT2D eigenvalue weighted by atomic mass is 10.0. The summed E-state index contributed by atoms with van der Waals surface area (Å²) in [6.45, 7) is 4.81. The Bertz CT molecular complexity index is 555. The van der Waals surface area contributed by atoms with Crippen molar-refractivity contribution < 1.29 is 12.6 Å². The average Bonchev–Trinajstić information content (AvgIpc) is 2.36. The van der Waals surface area contributed by atoms with E-state index in [0.29, 0.717) is 5.75 Å². The molecule has 2 atom stereocenters. The monoisotopic (exact) mass is 317 g/mol. The molecule has 20 heavy (non-hydrogen) atoms. The second-order valence-electron chi connectivity index (χ2n) is 4.91. The minimum atomic E-state index is -3.05.